The lowest BCUT2D eigenvalue weighted by atomic mass is 10.2. The fourth-order valence-electron chi connectivity index (χ4n) is 2.14. The number of hydrogen-bond donors (Lipinski definition) is 2. The first-order valence-electron chi connectivity index (χ1n) is 6.28. The minimum absolute atomic E-state index is 0.00754. The van der Waals surface area contributed by atoms with Crippen LogP contribution in [0.25, 0.3) is 10.9 Å². The molecule has 0 saturated heterocycles. The second-order valence-electron chi connectivity index (χ2n) is 4.74. The van der Waals surface area contributed by atoms with E-state index in [2.05, 4.69) is 10.3 Å². The summed E-state index contributed by atoms with van der Waals surface area (Å²) in [5, 5.41) is 14.5. The summed E-state index contributed by atoms with van der Waals surface area (Å²) >= 11 is 6.64. The molecule has 0 aliphatic carbocycles. The molecule has 2 N–H and O–H groups in total. The quantitative estimate of drug-likeness (QED) is 0.551. The normalized spacial score (nSPS) is 10.8. The van der Waals surface area contributed by atoms with Crippen molar-refractivity contribution in [3.63, 3.8) is 0 Å². The van der Waals surface area contributed by atoms with Gasteiger partial charge < -0.3 is 10.3 Å². The van der Waals surface area contributed by atoms with Gasteiger partial charge in [-0.15, -0.1) is 11.3 Å². The molecule has 0 aliphatic rings. The van der Waals surface area contributed by atoms with Crippen molar-refractivity contribution in [2.24, 2.45) is 0 Å². The summed E-state index contributed by atoms with van der Waals surface area (Å²) < 4.78 is -0.00754. The average molecular weight is 336 g/mol. The fraction of sp³-hybridized carbons (Fsp3) is 0.0714. The van der Waals surface area contributed by atoms with Gasteiger partial charge in [0.2, 0.25) is 0 Å². The summed E-state index contributed by atoms with van der Waals surface area (Å²) in [6.45, 7) is 1.95. The molecule has 112 valence electrons. The van der Waals surface area contributed by atoms with Gasteiger partial charge in [-0.3, -0.25) is 14.9 Å². The molecule has 0 unspecified atom stereocenters. The number of nitro groups is 1. The van der Waals surface area contributed by atoms with Gasteiger partial charge >= 0.3 is 0 Å². The van der Waals surface area contributed by atoms with E-state index in [1.165, 1.54) is 6.07 Å². The zero-order chi connectivity index (χ0) is 15.9. The minimum atomic E-state index is -0.607. The van der Waals surface area contributed by atoms with E-state index in [1.807, 2.05) is 25.1 Å². The van der Waals surface area contributed by atoms with Gasteiger partial charge in [-0.25, -0.2) is 0 Å². The molecule has 0 spiro atoms. The molecule has 2 aromatic heterocycles. The molecule has 6 nitrogen and oxygen atoms in total. The van der Waals surface area contributed by atoms with Crippen LogP contribution in [0.2, 0.25) is 4.34 Å². The first-order valence-corrected chi connectivity index (χ1v) is 7.48. The molecule has 0 radical (unpaired) electrons. The third-order valence-corrected chi connectivity index (χ3v) is 4.44. The SMILES string of the molecule is Cc1cc2cc(NC(=O)c3cc([N+](=O)[O-])c(Cl)s3)ccc2[nH]1. The number of halogens is 1. The summed E-state index contributed by atoms with van der Waals surface area (Å²) in [6, 6.07) is 8.61. The lowest BCUT2D eigenvalue weighted by Gasteiger charge is -2.03. The van der Waals surface area contributed by atoms with Crippen molar-refractivity contribution in [2.75, 3.05) is 5.32 Å². The highest BCUT2D eigenvalue weighted by molar-refractivity contribution is 7.18. The van der Waals surface area contributed by atoms with Crippen LogP contribution in [0.4, 0.5) is 11.4 Å². The maximum atomic E-state index is 12.2. The number of carbonyl (C=O) groups excluding carboxylic acids is 1. The van der Waals surface area contributed by atoms with Crippen molar-refractivity contribution in [3.05, 3.63) is 55.4 Å². The number of fused-ring (bicyclic) bond motifs is 1. The Morgan fingerprint density at radius 1 is 1.36 bits per heavy atom. The number of anilines is 1. The van der Waals surface area contributed by atoms with E-state index in [4.69, 9.17) is 11.6 Å². The highest BCUT2D eigenvalue weighted by Gasteiger charge is 2.21. The Morgan fingerprint density at radius 3 is 2.82 bits per heavy atom. The van der Waals surface area contributed by atoms with Gasteiger partial charge in [-0.2, -0.15) is 0 Å². The van der Waals surface area contributed by atoms with Gasteiger partial charge in [0.05, 0.1) is 4.92 Å². The molecular weight excluding hydrogens is 326 g/mol. The standard InChI is InChI=1S/C14H10ClN3O3S/c1-7-4-8-5-9(2-3-10(8)16-7)17-14(19)12-6-11(18(20)21)13(15)22-12/h2-6,16H,1H3,(H,17,19). The predicted molar refractivity (Wildman–Crippen MR) is 87.0 cm³/mol. The molecule has 3 aromatic rings. The van der Waals surface area contributed by atoms with Crippen molar-refractivity contribution in [1.82, 2.24) is 4.98 Å². The second kappa shape index (κ2) is 5.43. The predicted octanol–water partition coefficient (Wildman–Crippen LogP) is 4.35. The largest absolute Gasteiger partial charge is 0.359 e. The van der Waals surface area contributed by atoms with Crippen LogP contribution in [0.5, 0.6) is 0 Å². The smallest absolute Gasteiger partial charge is 0.299 e. The van der Waals surface area contributed by atoms with E-state index < -0.39 is 10.8 Å². The number of nitrogens with one attached hydrogen (secondary N) is 2. The van der Waals surface area contributed by atoms with Crippen LogP contribution in [0.15, 0.2) is 30.3 Å². The van der Waals surface area contributed by atoms with E-state index in [1.54, 1.807) is 6.07 Å². The molecule has 0 aliphatic heterocycles. The molecule has 2 heterocycles. The van der Waals surface area contributed by atoms with Crippen LogP contribution in [0, 0.1) is 17.0 Å². The van der Waals surface area contributed by atoms with Gasteiger partial charge in [-0.05, 0) is 31.2 Å². The maximum absolute atomic E-state index is 12.2. The monoisotopic (exact) mass is 335 g/mol. The van der Waals surface area contributed by atoms with Crippen LogP contribution in [0.1, 0.15) is 15.4 Å². The summed E-state index contributed by atoms with van der Waals surface area (Å²) in [5.41, 5.74) is 2.36. The molecule has 0 saturated carbocycles. The Morgan fingerprint density at radius 2 is 2.14 bits per heavy atom. The zero-order valence-electron chi connectivity index (χ0n) is 11.3. The number of H-pyrrole nitrogens is 1. The topological polar surface area (TPSA) is 88.0 Å². The molecule has 3 rings (SSSR count). The number of nitrogens with zero attached hydrogens (tertiary/aromatic N) is 1. The van der Waals surface area contributed by atoms with E-state index in [0.29, 0.717) is 5.69 Å². The van der Waals surface area contributed by atoms with Crippen molar-refractivity contribution >= 4 is 51.1 Å². The molecule has 0 bridgehead atoms. The molecule has 8 heteroatoms. The van der Waals surface area contributed by atoms with Crippen molar-refractivity contribution in [3.8, 4) is 0 Å². The average Bonchev–Trinajstić information content (AvgIpc) is 3.00. The van der Waals surface area contributed by atoms with Gasteiger partial charge in [-0.1, -0.05) is 11.6 Å². The molecule has 0 fully saturated rings. The molecule has 1 aromatic carbocycles. The number of benzene rings is 1. The Labute approximate surface area is 133 Å². The molecular formula is C14H10ClN3O3S. The first kappa shape index (κ1) is 14.6. The Bertz CT molecular complexity index is 900. The lowest BCUT2D eigenvalue weighted by molar-refractivity contribution is -0.384. The summed E-state index contributed by atoms with van der Waals surface area (Å²) in [7, 11) is 0. The summed E-state index contributed by atoms with van der Waals surface area (Å²) in [4.78, 5) is 25.7. The second-order valence-corrected chi connectivity index (χ2v) is 6.39. The number of amides is 1. The zero-order valence-corrected chi connectivity index (χ0v) is 12.9. The third kappa shape index (κ3) is 2.68. The van der Waals surface area contributed by atoms with Crippen LogP contribution >= 0.6 is 22.9 Å². The Balaban J connectivity index is 1.86. The van der Waals surface area contributed by atoms with Gasteiger partial charge in [0.25, 0.3) is 11.6 Å². The van der Waals surface area contributed by atoms with Crippen LogP contribution in [0.3, 0.4) is 0 Å². The molecule has 0 atom stereocenters. The molecule has 22 heavy (non-hydrogen) atoms. The van der Waals surface area contributed by atoms with E-state index in [9.17, 15) is 14.9 Å². The van der Waals surface area contributed by atoms with Gasteiger partial charge in [0, 0.05) is 28.4 Å². The van der Waals surface area contributed by atoms with Crippen molar-refractivity contribution < 1.29 is 9.72 Å². The first-order chi connectivity index (χ1) is 10.4. The highest BCUT2D eigenvalue weighted by atomic mass is 35.5. The number of carbonyl (C=O) groups is 1. The Hall–Kier alpha value is -2.38. The molecule has 1 amide bonds. The third-order valence-electron chi connectivity index (χ3n) is 3.10. The van der Waals surface area contributed by atoms with Gasteiger partial charge in [0.1, 0.15) is 4.88 Å². The maximum Gasteiger partial charge on any atom is 0.299 e. The fourth-order valence-corrected chi connectivity index (χ4v) is 3.26. The van der Waals surface area contributed by atoms with Crippen molar-refractivity contribution in [1.29, 1.82) is 0 Å². The van der Waals surface area contributed by atoms with E-state index >= 15 is 0 Å². The van der Waals surface area contributed by atoms with Crippen LogP contribution in [-0.2, 0) is 0 Å². The number of rotatable bonds is 3. The summed E-state index contributed by atoms with van der Waals surface area (Å²) in [6.07, 6.45) is 0. The number of aryl methyl sites for hydroxylation is 1. The van der Waals surface area contributed by atoms with E-state index in [0.717, 1.165) is 27.9 Å². The van der Waals surface area contributed by atoms with E-state index in [-0.39, 0.29) is 14.9 Å². The van der Waals surface area contributed by atoms with Gasteiger partial charge in [0.15, 0.2) is 4.34 Å². The van der Waals surface area contributed by atoms with Crippen LogP contribution < -0.4 is 5.32 Å². The van der Waals surface area contributed by atoms with Crippen molar-refractivity contribution in [2.45, 2.75) is 6.92 Å². The highest BCUT2D eigenvalue weighted by Crippen LogP contribution is 2.34. The lowest BCUT2D eigenvalue weighted by Crippen LogP contribution is -2.09. The summed E-state index contributed by atoms with van der Waals surface area (Å²) in [5.74, 6) is -0.424. The van der Waals surface area contributed by atoms with Crippen LogP contribution in [-0.4, -0.2) is 15.8 Å². The Kier molecular flexibility index (Phi) is 3.59. The minimum Gasteiger partial charge on any atom is -0.359 e. The number of aromatic nitrogens is 1. The number of aromatic amines is 1. The number of thiophene rings is 1. The number of hydrogen-bond acceptors (Lipinski definition) is 4.